The van der Waals surface area contributed by atoms with Crippen molar-refractivity contribution in [3.63, 3.8) is 0 Å². The van der Waals surface area contributed by atoms with Crippen LogP contribution in [0.1, 0.15) is 86.0 Å². The summed E-state index contributed by atoms with van der Waals surface area (Å²) in [6.45, 7) is 11.8. The second-order valence-corrected chi connectivity index (χ2v) is 7.17. The van der Waals surface area contributed by atoms with Crippen LogP contribution in [0.3, 0.4) is 0 Å². The molecule has 0 aromatic carbocycles. The Bertz CT molecular complexity index is 255. The first-order valence-electron chi connectivity index (χ1n) is 8.72. The van der Waals surface area contributed by atoms with Crippen molar-refractivity contribution < 1.29 is 0 Å². The summed E-state index contributed by atoms with van der Waals surface area (Å²) in [6.07, 6.45) is 14.1. The number of hydrogen-bond acceptors (Lipinski definition) is 0. The molecule has 0 bridgehead atoms. The maximum atomic E-state index is 2.52. The van der Waals surface area contributed by atoms with Gasteiger partial charge in [0.2, 0.25) is 0 Å². The zero-order valence-corrected chi connectivity index (χ0v) is 14.0. The summed E-state index contributed by atoms with van der Waals surface area (Å²) in [6, 6.07) is 0. The van der Waals surface area contributed by atoms with Crippen molar-refractivity contribution in [1.82, 2.24) is 0 Å². The second kappa shape index (κ2) is 8.82. The van der Waals surface area contributed by atoms with Gasteiger partial charge in [-0.25, -0.2) is 0 Å². The summed E-state index contributed by atoms with van der Waals surface area (Å²) >= 11 is 0. The van der Waals surface area contributed by atoms with Crippen LogP contribution < -0.4 is 0 Å². The van der Waals surface area contributed by atoms with E-state index in [-0.39, 0.29) is 0 Å². The van der Waals surface area contributed by atoms with E-state index < -0.39 is 0 Å². The molecule has 0 amide bonds. The summed E-state index contributed by atoms with van der Waals surface area (Å²) in [5.74, 6) is 3.61. The van der Waals surface area contributed by atoms with Crippen LogP contribution in [0, 0.1) is 23.7 Å². The molecule has 1 rings (SSSR count). The Hall–Kier alpha value is -0.260. The molecular formula is C19H36. The first kappa shape index (κ1) is 16.8. The van der Waals surface area contributed by atoms with E-state index in [1.165, 1.54) is 51.4 Å². The molecule has 0 aliphatic heterocycles. The van der Waals surface area contributed by atoms with Crippen molar-refractivity contribution in [2.24, 2.45) is 23.7 Å². The smallest absolute Gasteiger partial charge is 0.0263 e. The van der Waals surface area contributed by atoms with Crippen LogP contribution in [0.5, 0.6) is 0 Å². The molecule has 1 aliphatic rings. The Morgan fingerprint density at radius 1 is 1.16 bits per heavy atom. The third kappa shape index (κ3) is 5.71. The largest absolute Gasteiger partial charge is 0.0851 e. The fourth-order valence-corrected chi connectivity index (χ4v) is 3.59. The van der Waals surface area contributed by atoms with Crippen molar-refractivity contribution in [3.05, 3.63) is 11.6 Å². The zero-order valence-electron chi connectivity index (χ0n) is 14.0. The van der Waals surface area contributed by atoms with Gasteiger partial charge in [0.15, 0.2) is 0 Å². The first-order valence-corrected chi connectivity index (χ1v) is 8.72. The normalized spacial score (nSPS) is 21.1. The number of rotatable bonds is 8. The summed E-state index contributed by atoms with van der Waals surface area (Å²) < 4.78 is 0. The topological polar surface area (TPSA) is 0 Å². The standard InChI is InChI=1S/C19H36/c1-6-7-12-19(18-10-8-9-11-18)17(5)14-13-16(4)15(2)3/h13,15,17-19H,6-12,14H2,1-5H3. The van der Waals surface area contributed by atoms with E-state index in [4.69, 9.17) is 0 Å². The number of allylic oxidation sites excluding steroid dienone is 2. The molecule has 0 heterocycles. The van der Waals surface area contributed by atoms with Gasteiger partial charge < -0.3 is 0 Å². The molecule has 1 aliphatic carbocycles. The second-order valence-electron chi connectivity index (χ2n) is 7.17. The Kier molecular flexibility index (Phi) is 7.80. The Labute approximate surface area is 122 Å². The van der Waals surface area contributed by atoms with Crippen LogP contribution in [-0.4, -0.2) is 0 Å². The predicted octanol–water partition coefficient (Wildman–Crippen LogP) is 6.61. The summed E-state index contributed by atoms with van der Waals surface area (Å²) in [5, 5.41) is 0. The van der Waals surface area contributed by atoms with Gasteiger partial charge in [-0.1, -0.05) is 77.9 Å². The molecule has 0 spiro atoms. The van der Waals surface area contributed by atoms with Crippen molar-refractivity contribution in [2.75, 3.05) is 0 Å². The van der Waals surface area contributed by atoms with Crippen molar-refractivity contribution >= 4 is 0 Å². The van der Waals surface area contributed by atoms with Crippen LogP contribution in [-0.2, 0) is 0 Å². The summed E-state index contributed by atoms with van der Waals surface area (Å²) in [5.41, 5.74) is 1.58. The Morgan fingerprint density at radius 3 is 2.32 bits per heavy atom. The third-order valence-electron chi connectivity index (χ3n) is 5.35. The minimum atomic E-state index is 0.716. The quantitative estimate of drug-likeness (QED) is 0.433. The van der Waals surface area contributed by atoms with E-state index in [0.717, 1.165) is 17.8 Å². The molecule has 0 heteroatoms. The van der Waals surface area contributed by atoms with Gasteiger partial charge in [-0.2, -0.15) is 0 Å². The highest BCUT2D eigenvalue weighted by Crippen LogP contribution is 2.39. The summed E-state index contributed by atoms with van der Waals surface area (Å²) in [7, 11) is 0. The van der Waals surface area contributed by atoms with Gasteiger partial charge in [-0.15, -0.1) is 0 Å². The number of unbranched alkanes of at least 4 members (excludes halogenated alkanes) is 1. The van der Waals surface area contributed by atoms with Crippen LogP contribution in [0.4, 0.5) is 0 Å². The molecule has 0 aromatic rings. The molecule has 1 saturated carbocycles. The van der Waals surface area contributed by atoms with Crippen molar-refractivity contribution in [2.45, 2.75) is 86.0 Å². The van der Waals surface area contributed by atoms with Crippen molar-refractivity contribution in [3.8, 4) is 0 Å². The van der Waals surface area contributed by atoms with Gasteiger partial charge in [0.05, 0.1) is 0 Å². The van der Waals surface area contributed by atoms with Crippen LogP contribution in [0.25, 0.3) is 0 Å². The van der Waals surface area contributed by atoms with E-state index in [2.05, 4.69) is 40.7 Å². The first-order chi connectivity index (χ1) is 9.06. The van der Waals surface area contributed by atoms with E-state index in [0.29, 0.717) is 5.92 Å². The lowest BCUT2D eigenvalue weighted by atomic mass is 9.76. The van der Waals surface area contributed by atoms with Crippen LogP contribution in [0.15, 0.2) is 11.6 Å². The highest BCUT2D eigenvalue weighted by molar-refractivity contribution is 5.01. The van der Waals surface area contributed by atoms with Gasteiger partial charge in [0, 0.05) is 0 Å². The maximum absolute atomic E-state index is 2.52. The fourth-order valence-electron chi connectivity index (χ4n) is 3.59. The van der Waals surface area contributed by atoms with E-state index in [9.17, 15) is 0 Å². The SMILES string of the molecule is CCCCC(C(C)CC=C(C)C(C)C)C1CCCC1. The van der Waals surface area contributed by atoms with E-state index >= 15 is 0 Å². The lowest BCUT2D eigenvalue weighted by Crippen LogP contribution is -2.20. The molecule has 0 radical (unpaired) electrons. The molecule has 0 nitrogen and oxygen atoms in total. The zero-order chi connectivity index (χ0) is 14.3. The van der Waals surface area contributed by atoms with Crippen LogP contribution >= 0.6 is 0 Å². The summed E-state index contributed by atoms with van der Waals surface area (Å²) in [4.78, 5) is 0. The Balaban J connectivity index is 2.55. The van der Waals surface area contributed by atoms with E-state index in [1.54, 1.807) is 5.57 Å². The van der Waals surface area contributed by atoms with Gasteiger partial charge >= 0.3 is 0 Å². The van der Waals surface area contributed by atoms with Crippen molar-refractivity contribution in [1.29, 1.82) is 0 Å². The molecule has 1 fully saturated rings. The molecule has 0 aromatic heterocycles. The minimum absolute atomic E-state index is 0.716. The predicted molar refractivity (Wildman–Crippen MR) is 87.3 cm³/mol. The maximum Gasteiger partial charge on any atom is -0.0263 e. The van der Waals surface area contributed by atoms with E-state index in [1.807, 2.05) is 0 Å². The minimum Gasteiger partial charge on any atom is -0.0851 e. The average Bonchev–Trinajstić information content (AvgIpc) is 2.90. The van der Waals surface area contributed by atoms with Gasteiger partial charge in [-0.3, -0.25) is 0 Å². The highest BCUT2D eigenvalue weighted by atomic mass is 14.3. The third-order valence-corrected chi connectivity index (χ3v) is 5.35. The lowest BCUT2D eigenvalue weighted by molar-refractivity contribution is 0.223. The van der Waals surface area contributed by atoms with Gasteiger partial charge in [-0.05, 0) is 43.4 Å². The van der Waals surface area contributed by atoms with Crippen LogP contribution in [0.2, 0.25) is 0 Å². The molecule has 0 saturated heterocycles. The molecule has 19 heavy (non-hydrogen) atoms. The highest BCUT2D eigenvalue weighted by Gasteiger charge is 2.28. The Morgan fingerprint density at radius 2 is 1.79 bits per heavy atom. The monoisotopic (exact) mass is 264 g/mol. The number of hydrogen-bond donors (Lipinski definition) is 0. The average molecular weight is 264 g/mol. The lowest BCUT2D eigenvalue weighted by Gasteiger charge is -2.29. The molecule has 112 valence electrons. The fraction of sp³-hybridized carbons (Fsp3) is 0.895. The van der Waals surface area contributed by atoms with Gasteiger partial charge in [0.25, 0.3) is 0 Å². The molecule has 2 unspecified atom stereocenters. The molecule has 2 atom stereocenters. The van der Waals surface area contributed by atoms with Gasteiger partial charge in [0.1, 0.15) is 0 Å². The molecule has 0 N–H and O–H groups in total. The molecular weight excluding hydrogens is 228 g/mol.